The lowest BCUT2D eigenvalue weighted by atomic mass is 10.2. The highest BCUT2D eigenvalue weighted by Crippen LogP contribution is 2.21. The Kier molecular flexibility index (Phi) is 6.09. The molecule has 1 aromatic rings. The van der Waals surface area contributed by atoms with Gasteiger partial charge >= 0.3 is 5.97 Å². The summed E-state index contributed by atoms with van der Waals surface area (Å²) in [7, 11) is 0. The Balaban J connectivity index is 2.72. The van der Waals surface area contributed by atoms with E-state index in [0.717, 1.165) is 35.3 Å². The molecular weight excluding hydrogens is 248 g/mol. The van der Waals surface area contributed by atoms with Gasteiger partial charge in [0.15, 0.2) is 0 Å². The summed E-state index contributed by atoms with van der Waals surface area (Å²) in [6, 6.07) is 7.62. The molecule has 0 spiro atoms. The van der Waals surface area contributed by atoms with Crippen molar-refractivity contribution in [1.82, 2.24) is 0 Å². The zero-order valence-electron chi connectivity index (χ0n) is 10.3. The number of anilines is 1. The molecule has 0 heterocycles. The topological polar surface area (TPSA) is 64.3 Å². The van der Waals surface area contributed by atoms with Gasteiger partial charge in [-0.25, -0.2) is 0 Å². The average molecular weight is 264 g/mol. The maximum atomic E-state index is 10.6. The molecule has 0 aromatic heterocycles. The molecule has 0 saturated carbocycles. The fourth-order valence-corrected chi connectivity index (χ4v) is 2.03. The number of nitrogens with zero attached hydrogens (tertiary/aromatic N) is 2. The van der Waals surface area contributed by atoms with Crippen molar-refractivity contribution in [3.05, 3.63) is 24.3 Å². The molecule has 0 aliphatic rings. The fraction of sp³-hybridized carbons (Fsp3) is 0.385. The molecule has 1 N–H and O–H groups in total. The minimum atomic E-state index is -0.784. The molecule has 0 fully saturated rings. The molecule has 18 heavy (non-hydrogen) atoms. The van der Waals surface area contributed by atoms with Crippen LogP contribution in [0.4, 0.5) is 5.69 Å². The maximum Gasteiger partial charge on any atom is 0.305 e. The lowest BCUT2D eigenvalue weighted by molar-refractivity contribution is -0.136. The van der Waals surface area contributed by atoms with Crippen molar-refractivity contribution in [1.29, 1.82) is 5.26 Å². The van der Waals surface area contributed by atoms with Crippen molar-refractivity contribution in [3.63, 3.8) is 0 Å². The van der Waals surface area contributed by atoms with Crippen LogP contribution in [0.25, 0.3) is 0 Å². The molecular formula is C13H16N2O2S. The quantitative estimate of drug-likeness (QED) is 0.606. The second-order valence-corrected chi connectivity index (χ2v) is 4.68. The lowest BCUT2D eigenvalue weighted by Crippen LogP contribution is -2.26. The monoisotopic (exact) mass is 264 g/mol. The molecule has 0 atom stereocenters. The Bertz CT molecular complexity index is 426. The van der Waals surface area contributed by atoms with Gasteiger partial charge in [-0.1, -0.05) is 6.92 Å². The summed E-state index contributed by atoms with van der Waals surface area (Å²) in [4.78, 5) is 13.6. The standard InChI is InChI=1S/C13H16N2O2S/c1-2-8-15(9-7-13(16)17)11-3-5-12(6-4-11)18-10-14/h3-6H,2,7-9H2,1H3,(H,16,17). The molecule has 0 saturated heterocycles. The normalized spacial score (nSPS) is 9.78. The first-order valence-electron chi connectivity index (χ1n) is 5.80. The second-order valence-electron chi connectivity index (χ2n) is 3.82. The number of thioether (sulfide) groups is 1. The van der Waals surface area contributed by atoms with Crippen molar-refractivity contribution in [3.8, 4) is 5.40 Å². The van der Waals surface area contributed by atoms with Gasteiger partial charge in [-0.3, -0.25) is 4.79 Å². The first-order chi connectivity index (χ1) is 8.67. The maximum absolute atomic E-state index is 10.6. The van der Waals surface area contributed by atoms with Gasteiger partial charge in [0.05, 0.1) is 6.42 Å². The van der Waals surface area contributed by atoms with Gasteiger partial charge in [0.1, 0.15) is 5.40 Å². The first-order valence-corrected chi connectivity index (χ1v) is 6.61. The zero-order chi connectivity index (χ0) is 13.4. The molecule has 1 aromatic carbocycles. The molecule has 0 radical (unpaired) electrons. The smallest absolute Gasteiger partial charge is 0.305 e. The van der Waals surface area contributed by atoms with Crippen LogP contribution in [0.2, 0.25) is 0 Å². The van der Waals surface area contributed by atoms with E-state index in [1.165, 1.54) is 0 Å². The number of benzene rings is 1. The minimum Gasteiger partial charge on any atom is -0.481 e. The number of aliphatic carboxylic acids is 1. The molecule has 0 amide bonds. The van der Waals surface area contributed by atoms with E-state index in [4.69, 9.17) is 10.4 Å². The van der Waals surface area contributed by atoms with Gasteiger partial charge in [0.25, 0.3) is 0 Å². The summed E-state index contributed by atoms with van der Waals surface area (Å²) in [5.74, 6) is -0.784. The molecule has 0 unspecified atom stereocenters. The highest BCUT2D eigenvalue weighted by molar-refractivity contribution is 8.03. The van der Waals surface area contributed by atoms with Gasteiger partial charge in [-0.15, -0.1) is 0 Å². The van der Waals surface area contributed by atoms with Crippen LogP contribution in [0.5, 0.6) is 0 Å². The Hall–Kier alpha value is -1.67. The van der Waals surface area contributed by atoms with Crippen LogP contribution in [0.3, 0.4) is 0 Å². The van der Waals surface area contributed by atoms with Crippen LogP contribution in [0.15, 0.2) is 29.2 Å². The van der Waals surface area contributed by atoms with Crippen LogP contribution in [0.1, 0.15) is 19.8 Å². The SMILES string of the molecule is CCCN(CCC(=O)O)c1ccc(SC#N)cc1. The van der Waals surface area contributed by atoms with Gasteiger partial charge < -0.3 is 10.0 Å². The van der Waals surface area contributed by atoms with Crippen molar-refractivity contribution in [2.75, 3.05) is 18.0 Å². The average Bonchev–Trinajstić information content (AvgIpc) is 2.36. The third kappa shape index (κ3) is 4.68. The van der Waals surface area contributed by atoms with Gasteiger partial charge in [0, 0.05) is 23.7 Å². The van der Waals surface area contributed by atoms with E-state index < -0.39 is 5.97 Å². The molecule has 0 bridgehead atoms. The number of hydrogen-bond donors (Lipinski definition) is 1. The Morgan fingerprint density at radius 1 is 1.39 bits per heavy atom. The van der Waals surface area contributed by atoms with Crippen LogP contribution in [-0.2, 0) is 4.79 Å². The molecule has 0 aliphatic carbocycles. The number of rotatable bonds is 7. The van der Waals surface area contributed by atoms with Crippen molar-refractivity contribution >= 4 is 23.4 Å². The van der Waals surface area contributed by atoms with Crippen LogP contribution < -0.4 is 4.90 Å². The molecule has 4 nitrogen and oxygen atoms in total. The van der Waals surface area contributed by atoms with Crippen LogP contribution >= 0.6 is 11.8 Å². The Labute approximate surface area is 111 Å². The summed E-state index contributed by atoms with van der Waals surface area (Å²) in [5, 5.41) is 19.3. The van der Waals surface area contributed by atoms with Crippen molar-refractivity contribution in [2.24, 2.45) is 0 Å². The third-order valence-electron chi connectivity index (χ3n) is 2.45. The predicted octanol–water partition coefficient (Wildman–Crippen LogP) is 2.95. The molecule has 5 heteroatoms. The highest BCUT2D eigenvalue weighted by atomic mass is 32.2. The number of hydrogen-bond acceptors (Lipinski definition) is 4. The lowest BCUT2D eigenvalue weighted by Gasteiger charge is -2.23. The largest absolute Gasteiger partial charge is 0.481 e. The number of carboxylic acids is 1. The summed E-state index contributed by atoms with van der Waals surface area (Å²) < 4.78 is 0. The molecule has 96 valence electrons. The van der Waals surface area contributed by atoms with E-state index in [9.17, 15) is 4.79 Å². The third-order valence-corrected chi connectivity index (χ3v) is 3.05. The summed E-state index contributed by atoms with van der Waals surface area (Å²) in [6.45, 7) is 3.40. The number of thiocyanates is 1. The predicted molar refractivity (Wildman–Crippen MR) is 72.7 cm³/mol. The van der Waals surface area contributed by atoms with E-state index >= 15 is 0 Å². The number of nitriles is 1. The molecule has 1 rings (SSSR count). The van der Waals surface area contributed by atoms with E-state index in [1.807, 2.05) is 29.7 Å². The Morgan fingerprint density at radius 2 is 2.06 bits per heavy atom. The van der Waals surface area contributed by atoms with Crippen molar-refractivity contribution in [2.45, 2.75) is 24.7 Å². The second kappa shape index (κ2) is 7.62. The summed E-state index contributed by atoms with van der Waals surface area (Å²) >= 11 is 1.12. The van der Waals surface area contributed by atoms with Crippen molar-refractivity contribution < 1.29 is 9.90 Å². The first kappa shape index (κ1) is 14.4. The van der Waals surface area contributed by atoms with E-state index in [1.54, 1.807) is 0 Å². The zero-order valence-corrected chi connectivity index (χ0v) is 11.1. The Morgan fingerprint density at radius 3 is 2.56 bits per heavy atom. The number of carboxylic acid groups (broad SMARTS) is 1. The van der Waals surface area contributed by atoms with Crippen LogP contribution in [0, 0.1) is 10.7 Å². The summed E-state index contributed by atoms with van der Waals surface area (Å²) in [5.41, 5.74) is 1.00. The van der Waals surface area contributed by atoms with Gasteiger partial charge in [-0.05, 0) is 42.4 Å². The minimum absolute atomic E-state index is 0.134. The number of carbonyl (C=O) groups is 1. The van der Waals surface area contributed by atoms with E-state index in [0.29, 0.717) is 6.54 Å². The van der Waals surface area contributed by atoms with Crippen LogP contribution in [-0.4, -0.2) is 24.2 Å². The highest BCUT2D eigenvalue weighted by Gasteiger charge is 2.07. The van der Waals surface area contributed by atoms with E-state index in [2.05, 4.69) is 11.8 Å². The van der Waals surface area contributed by atoms with Gasteiger partial charge in [0.2, 0.25) is 0 Å². The fourth-order valence-electron chi connectivity index (χ4n) is 1.65. The van der Waals surface area contributed by atoms with Gasteiger partial charge in [-0.2, -0.15) is 5.26 Å². The summed E-state index contributed by atoms with van der Waals surface area (Å²) in [6.07, 6.45) is 1.10. The van der Waals surface area contributed by atoms with E-state index in [-0.39, 0.29) is 6.42 Å². The molecule has 0 aliphatic heterocycles.